The third-order valence-electron chi connectivity index (χ3n) is 3.08. The van der Waals surface area contributed by atoms with E-state index in [4.69, 9.17) is 9.47 Å². The minimum Gasteiger partial charge on any atom is -0.497 e. The van der Waals surface area contributed by atoms with Gasteiger partial charge in [-0.1, -0.05) is 18.2 Å². The molecule has 0 radical (unpaired) electrons. The van der Waals surface area contributed by atoms with Crippen molar-refractivity contribution in [1.29, 1.82) is 0 Å². The molecule has 1 atom stereocenters. The Bertz CT molecular complexity index is 656. The van der Waals surface area contributed by atoms with Crippen LogP contribution >= 0.6 is 0 Å². The van der Waals surface area contributed by atoms with E-state index in [0.717, 1.165) is 0 Å². The van der Waals surface area contributed by atoms with Crippen LogP contribution in [0.5, 0.6) is 11.5 Å². The molecule has 2 aromatic rings. The van der Waals surface area contributed by atoms with Crippen LogP contribution in [-0.2, 0) is 4.79 Å². The van der Waals surface area contributed by atoms with Gasteiger partial charge in [-0.25, -0.2) is 0 Å². The summed E-state index contributed by atoms with van der Waals surface area (Å²) >= 11 is 0. The summed E-state index contributed by atoms with van der Waals surface area (Å²) in [7, 11) is 1.55. The maximum atomic E-state index is 11.9. The highest BCUT2D eigenvalue weighted by molar-refractivity contribution is 5.95. The smallest absolute Gasteiger partial charge is 0.279 e. The molecule has 120 valence electrons. The molecule has 2 N–H and O–H groups in total. The Morgan fingerprint density at radius 2 is 1.57 bits per heavy atom. The zero-order chi connectivity index (χ0) is 16.7. The zero-order valence-electron chi connectivity index (χ0n) is 12.9. The highest BCUT2D eigenvalue weighted by Crippen LogP contribution is 2.11. The molecule has 0 fully saturated rings. The topological polar surface area (TPSA) is 76.7 Å². The molecule has 2 aromatic carbocycles. The number of para-hydroxylation sites is 1. The number of methoxy groups -OCH3 is 1. The first-order chi connectivity index (χ1) is 11.1. The first-order valence-electron chi connectivity index (χ1n) is 7.06. The van der Waals surface area contributed by atoms with Crippen molar-refractivity contribution in [2.24, 2.45) is 0 Å². The molecule has 0 saturated carbocycles. The average molecular weight is 314 g/mol. The summed E-state index contributed by atoms with van der Waals surface area (Å²) in [5.74, 6) is 0.357. The van der Waals surface area contributed by atoms with E-state index in [1.54, 1.807) is 50.4 Å². The molecule has 2 amide bonds. The fraction of sp³-hybridized carbons (Fsp3) is 0.176. The summed E-state index contributed by atoms with van der Waals surface area (Å²) in [6, 6.07) is 15.5. The SMILES string of the molecule is COc1ccc(C(=O)NNC(=O)[C@@H](C)Oc2ccccc2)cc1. The molecule has 6 nitrogen and oxygen atoms in total. The third kappa shape index (κ3) is 4.74. The minimum atomic E-state index is -0.742. The van der Waals surface area contributed by atoms with E-state index in [1.165, 1.54) is 0 Å². The van der Waals surface area contributed by atoms with Crippen LogP contribution in [-0.4, -0.2) is 25.0 Å². The van der Waals surface area contributed by atoms with Gasteiger partial charge in [0.05, 0.1) is 7.11 Å². The van der Waals surface area contributed by atoms with Crippen molar-refractivity contribution in [3.63, 3.8) is 0 Å². The zero-order valence-corrected chi connectivity index (χ0v) is 12.9. The second kappa shape index (κ2) is 7.84. The Kier molecular flexibility index (Phi) is 5.57. The van der Waals surface area contributed by atoms with Gasteiger partial charge >= 0.3 is 0 Å². The Hall–Kier alpha value is -3.02. The molecular weight excluding hydrogens is 296 g/mol. The fourth-order valence-electron chi connectivity index (χ4n) is 1.79. The second-order valence-corrected chi connectivity index (χ2v) is 4.75. The molecule has 0 heterocycles. The lowest BCUT2D eigenvalue weighted by Gasteiger charge is -2.15. The van der Waals surface area contributed by atoms with Gasteiger partial charge in [-0.05, 0) is 43.3 Å². The van der Waals surface area contributed by atoms with E-state index in [0.29, 0.717) is 17.1 Å². The molecule has 23 heavy (non-hydrogen) atoms. The predicted molar refractivity (Wildman–Crippen MR) is 85.1 cm³/mol. The summed E-state index contributed by atoms with van der Waals surface area (Å²) in [4.78, 5) is 23.8. The molecule has 0 aliphatic rings. The van der Waals surface area contributed by atoms with Gasteiger partial charge in [0, 0.05) is 5.56 Å². The standard InChI is InChI=1S/C17H18N2O4/c1-12(23-15-6-4-3-5-7-15)16(20)18-19-17(21)13-8-10-14(22-2)11-9-13/h3-12H,1-2H3,(H,18,20)(H,19,21)/t12-/m1/s1. The lowest BCUT2D eigenvalue weighted by atomic mass is 10.2. The minimum absolute atomic E-state index is 0.405. The summed E-state index contributed by atoms with van der Waals surface area (Å²) in [5, 5.41) is 0. The Labute approximate surface area is 134 Å². The normalized spacial score (nSPS) is 11.2. The van der Waals surface area contributed by atoms with Crippen LogP contribution in [0.4, 0.5) is 0 Å². The number of ether oxygens (including phenoxy) is 2. The average Bonchev–Trinajstić information content (AvgIpc) is 2.60. The largest absolute Gasteiger partial charge is 0.497 e. The van der Waals surface area contributed by atoms with Gasteiger partial charge in [-0.3, -0.25) is 20.4 Å². The third-order valence-corrected chi connectivity index (χ3v) is 3.08. The van der Waals surface area contributed by atoms with Crippen LogP contribution in [0.15, 0.2) is 54.6 Å². The number of nitrogens with one attached hydrogen (secondary N) is 2. The van der Waals surface area contributed by atoms with Crippen molar-refractivity contribution in [3.05, 3.63) is 60.2 Å². The summed E-state index contributed by atoms with van der Waals surface area (Å²) in [5.41, 5.74) is 5.08. The maximum Gasteiger partial charge on any atom is 0.279 e. The molecule has 0 aliphatic heterocycles. The molecule has 0 saturated heterocycles. The highest BCUT2D eigenvalue weighted by atomic mass is 16.5. The molecule has 0 aliphatic carbocycles. The van der Waals surface area contributed by atoms with E-state index < -0.39 is 17.9 Å². The Morgan fingerprint density at radius 3 is 2.17 bits per heavy atom. The van der Waals surface area contributed by atoms with Gasteiger partial charge in [-0.15, -0.1) is 0 Å². The van der Waals surface area contributed by atoms with E-state index in [2.05, 4.69) is 10.9 Å². The number of amides is 2. The molecule has 2 rings (SSSR count). The van der Waals surface area contributed by atoms with Gasteiger partial charge in [0.1, 0.15) is 11.5 Å². The van der Waals surface area contributed by atoms with Crippen LogP contribution in [0.3, 0.4) is 0 Å². The molecular formula is C17H18N2O4. The van der Waals surface area contributed by atoms with Crippen molar-refractivity contribution >= 4 is 11.8 Å². The Morgan fingerprint density at radius 1 is 0.913 bits per heavy atom. The van der Waals surface area contributed by atoms with Crippen molar-refractivity contribution in [3.8, 4) is 11.5 Å². The van der Waals surface area contributed by atoms with E-state index in [-0.39, 0.29) is 0 Å². The van der Waals surface area contributed by atoms with Crippen LogP contribution in [0.1, 0.15) is 17.3 Å². The van der Waals surface area contributed by atoms with Gasteiger partial charge in [0.2, 0.25) is 0 Å². The lowest BCUT2D eigenvalue weighted by molar-refractivity contribution is -0.128. The highest BCUT2D eigenvalue weighted by Gasteiger charge is 2.15. The van der Waals surface area contributed by atoms with E-state index in [1.807, 2.05) is 18.2 Å². The van der Waals surface area contributed by atoms with Crippen LogP contribution in [0.25, 0.3) is 0 Å². The number of carbonyl (C=O) groups excluding carboxylic acids is 2. The van der Waals surface area contributed by atoms with Crippen molar-refractivity contribution in [2.45, 2.75) is 13.0 Å². The number of hydrogen-bond donors (Lipinski definition) is 2. The number of carbonyl (C=O) groups is 2. The molecule has 0 bridgehead atoms. The Balaban J connectivity index is 1.84. The van der Waals surface area contributed by atoms with Gasteiger partial charge < -0.3 is 9.47 Å². The summed E-state index contributed by atoms with van der Waals surface area (Å²) in [6.45, 7) is 1.60. The maximum absolute atomic E-state index is 11.9. The lowest BCUT2D eigenvalue weighted by Crippen LogP contribution is -2.47. The van der Waals surface area contributed by atoms with Crippen LogP contribution < -0.4 is 20.3 Å². The predicted octanol–water partition coefficient (Wildman–Crippen LogP) is 1.92. The van der Waals surface area contributed by atoms with E-state index >= 15 is 0 Å². The first-order valence-corrected chi connectivity index (χ1v) is 7.06. The number of rotatable bonds is 5. The monoisotopic (exact) mass is 314 g/mol. The fourth-order valence-corrected chi connectivity index (χ4v) is 1.79. The summed E-state index contributed by atoms with van der Waals surface area (Å²) < 4.78 is 10.5. The number of benzene rings is 2. The van der Waals surface area contributed by atoms with E-state index in [9.17, 15) is 9.59 Å². The first kappa shape index (κ1) is 16.4. The molecule has 6 heteroatoms. The van der Waals surface area contributed by atoms with Gasteiger partial charge in [-0.2, -0.15) is 0 Å². The quantitative estimate of drug-likeness (QED) is 0.827. The van der Waals surface area contributed by atoms with Crippen LogP contribution in [0, 0.1) is 0 Å². The van der Waals surface area contributed by atoms with Crippen molar-refractivity contribution in [2.75, 3.05) is 7.11 Å². The number of hydrazine groups is 1. The molecule has 0 aromatic heterocycles. The second-order valence-electron chi connectivity index (χ2n) is 4.75. The number of hydrogen-bond acceptors (Lipinski definition) is 4. The van der Waals surface area contributed by atoms with Crippen molar-refractivity contribution < 1.29 is 19.1 Å². The molecule has 0 spiro atoms. The summed E-state index contributed by atoms with van der Waals surface area (Å²) in [6.07, 6.45) is -0.742. The van der Waals surface area contributed by atoms with Gasteiger partial charge in [0.25, 0.3) is 11.8 Å². The van der Waals surface area contributed by atoms with Crippen LogP contribution in [0.2, 0.25) is 0 Å². The molecule has 0 unspecified atom stereocenters. The van der Waals surface area contributed by atoms with Gasteiger partial charge in [0.15, 0.2) is 6.10 Å². The van der Waals surface area contributed by atoms with Crippen molar-refractivity contribution in [1.82, 2.24) is 10.9 Å².